The fourth-order valence-electron chi connectivity index (χ4n) is 6.37. The van der Waals surface area contributed by atoms with E-state index in [4.69, 9.17) is 5.73 Å². The van der Waals surface area contributed by atoms with Crippen molar-refractivity contribution in [3.05, 3.63) is 59.9 Å². The van der Waals surface area contributed by atoms with E-state index < -0.39 is 12.2 Å². The molecule has 0 radical (unpaired) electrons. The first kappa shape index (κ1) is 25.0. The molecule has 3 aliphatic heterocycles. The first-order valence-corrected chi connectivity index (χ1v) is 13.6. The van der Waals surface area contributed by atoms with Crippen molar-refractivity contribution in [3.63, 3.8) is 0 Å². The summed E-state index contributed by atoms with van der Waals surface area (Å²) in [6, 6.07) is 14.9. The number of alkyl halides is 1. The number of piperazine rings is 2. The number of anilines is 2. The smallest absolute Gasteiger partial charge is 0.134 e. The number of nitrogens with zero attached hydrogens (tertiary/aromatic N) is 7. The predicted octanol–water partition coefficient (Wildman–Crippen LogP) is 2.42. The molecule has 0 saturated carbocycles. The molecule has 38 heavy (non-hydrogen) atoms. The normalized spacial score (nSPS) is 26.5. The van der Waals surface area contributed by atoms with E-state index in [-0.39, 0.29) is 0 Å². The zero-order valence-electron chi connectivity index (χ0n) is 21.9. The highest BCUT2D eigenvalue weighted by Crippen LogP contribution is 2.32. The van der Waals surface area contributed by atoms with Gasteiger partial charge in [0.1, 0.15) is 18.1 Å². The molecule has 3 fully saturated rings. The van der Waals surface area contributed by atoms with Gasteiger partial charge in [0, 0.05) is 81.4 Å². The SMILES string of the molecule is CC1CN(c2ccc(C#N)c3ncccc23)CC2CN(CCc3ccc(N4CC(N)C(F)C4)nc3)CCN12. The fraction of sp³-hybridized carbons (Fsp3) is 0.483. The molecule has 4 atom stereocenters. The summed E-state index contributed by atoms with van der Waals surface area (Å²) in [5, 5.41) is 10.6. The molecule has 2 aromatic heterocycles. The number of nitriles is 1. The van der Waals surface area contributed by atoms with Gasteiger partial charge in [-0.15, -0.1) is 0 Å². The Bertz CT molecular complexity index is 1310. The van der Waals surface area contributed by atoms with Crippen LogP contribution in [0, 0.1) is 11.3 Å². The van der Waals surface area contributed by atoms with Gasteiger partial charge in [-0.25, -0.2) is 9.37 Å². The number of aromatic nitrogens is 2. The van der Waals surface area contributed by atoms with Crippen LogP contribution >= 0.6 is 0 Å². The van der Waals surface area contributed by atoms with Crippen LogP contribution in [0.1, 0.15) is 18.1 Å². The highest BCUT2D eigenvalue weighted by atomic mass is 19.1. The Morgan fingerprint density at radius 2 is 1.92 bits per heavy atom. The second-order valence-corrected chi connectivity index (χ2v) is 10.9. The van der Waals surface area contributed by atoms with Crippen molar-refractivity contribution in [3.8, 4) is 6.07 Å². The highest BCUT2D eigenvalue weighted by Gasteiger charge is 2.36. The molecule has 8 nitrogen and oxygen atoms in total. The van der Waals surface area contributed by atoms with E-state index in [1.165, 1.54) is 11.3 Å². The molecule has 3 aliphatic rings. The van der Waals surface area contributed by atoms with Gasteiger partial charge in [0.2, 0.25) is 0 Å². The molecule has 6 rings (SSSR count). The van der Waals surface area contributed by atoms with E-state index >= 15 is 0 Å². The minimum absolute atomic E-state index is 0.323. The second kappa shape index (κ2) is 10.4. The van der Waals surface area contributed by atoms with Gasteiger partial charge >= 0.3 is 0 Å². The van der Waals surface area contributed by atoms with Crippen molar-refractivity contribution in [1.82, 2.24) is 19.8 Å². The lowest BCUT2D eigenvalue weighted by molar-refractivity contribution is 0.0356. The lowest BCUT2D eigenvalue weighted by atomic mass is 10.0. The van der Waals surface area contributed by atoms with Gasteiger partial charge in [0.15, 0.2) is 0 Å². The summed E-state index contributed by atoms with van der Waals surface area (Å²) in [4.78, 5) is 18.7. The van der Waals surface area contributed by atoms with Crippen molar-refractivity contribution >= 4 is 22.4 Å². The molecular formula is C29H35FN8. The van der Waals surface area contributed by atoms with Gasteiger partial charge < -0.3 is 20.4 Å². The molecule has 3 aromatic rings. The largest absolute Gasteiger partial charge is 0.368 e. The number of pyridine rings is 2. The van der Waals surface area contributed by atoms with E-state index in [0.29, 0.717) is 30.7 Å². The van der Waals surface area contributed by atoms with Crippen LogP contribution in [-0.4, -0.2) is 96.4 Å². The number of hydrogen-bond acceptors (Lipinski definition) is 8. The lowest BCUT2D eigenvalue weighted by Gasteiger charge is -2.51. The van der Waals surface area contributed by atoms with Gasteiger partial charge in [-0.1, -0.05) is 6.07 Å². The van der Waals surface area contributed by atoms with Crippen molar-refractivity contribution in [2.24, 2.45) is 5.73 Å². The average Bonchev–Trinajstić information content (AvgIpc) is 3.29. The molecule has 0 bridgehead atoms. The Morgan fingerprint density at radius 1 is 1.03 bits per heavy atom. The van der Waals surface area contributed by atoms with Crippen molar-refractivity contribution in [1.29, 1.82) is 5.26 Å². The second-order valence-electron chi connectivity index (χ2n) is 10.9. The molecule has 0 aliphatic carbocycles. The minimum atomic E-state index is -0.985. The number of benzene rings is 1. The van der Waals surface area contributed by atoms with Crippen LogP contribution in [0.15, 0.2) is 48.8 Å². The standard InChI is InChI=1S/C29H35FN8/c1-20-15-36(27-6-5-22(13-31)29-24(27)3-2-9-33-29)17-23-16-35(11-12-38(20)23)10-8-21-4-7-28(34-14-21)37-18-25(30)26(32)19-37/h2-7,9,14,20,23,25-26H,8,10-12,15-19,32H2,1H3. The van der Waals surface area contributed by atoms with Crippen LogP contribution in [0.2, 0.25) is 0 Å². The molecule has 0 spiro atoms. The van der Waals surface area contributed by atoms with Crippen LogP contribution in [0.5, 0.6) is 0 Å². The van der Waals surface area contributed by atoms with E-state index in [1.54, 1.807) is 6.20 Å². The zero-order valence-corrected chi connectivity index (χ0v) is 21.9. The molecule has 198 valence electrons. The molecule has 3 saturated heterocycles. The summed E-state index contributed by atoms with van der Waals surface area (Å²) < 4.78 is 13.8. The summed E-state index contributed by atoms with van der Waals surface area (Å²) in [5.74, 6) is 0.805. The van der Waals surface area contributed by atoms with Gasteiger partial charge in [-0.05, 0) is 49.2 Å². The van der Waals surface area contributed by atoms with Gasteiger partial charge in [-0.2, -0.15) is 5.26 Å². The molecular weight excluding hydrogens is 479 g/mol. The van der Waals surface area contributed by atoms with Crippen molar-refractivity contribution in [2.75, 3.05) is 62.2 Å². The minimum Gasteiger partial charge on any atom is -0.368 e. The maximum atomic E-state index is 13.8. The fourth-order valence-corrected chi connectivity index (χ4v) is 6.37. The maximum Gasteiger partial charge on any atom is 0.134 e. The first-order chi connectivity index (χ1) is 18.5. The highest BCUT2D eigenvalue weighted by molar-refractivity contribution is 5.95. The van der Waals surface area contributed by atoms with E-state index in [0.717, 1.165) is 62.4 Å². The number of rotatable bonds is 5. The van der Waals surface area contributed by atoms with Crippen LogP contribution in [-0.2, 0) is 6.42 Å². The van der Waals surface area contributed by atoms with Crippen LogP contribution in [0.3, 0.4) is 0 Å². The third kappa shape index (κ3) is 4.80. The topological polar surface area (TPSA) is 88.5 Å². The summed E-state index contributed by atoms with van der Waals surface area (Å²) in [6.45, 7) is 9.26. The number of hydrogen-bond donors (Lipinski definition) is 1. The van der Waals surface area contributed by atoms with E-state index in [2.05, 4.69) is 55.9 Å². The monoisotopic (exact) mass is 514 g/mol. The predicted molar refractivity (Wildman–Crippen MR) is 148 cm³/mol. The van der Waals surface area contributed by atoms with Crippen molar-refractivity contribution in [2.45, 2.75) is 37.6 Å². The van der Waals surface area contributed by atoms with Gasteiger partial charge in [0.25, 0.3) is 0 Å². The first-order valence-electron chi connectivity index (χ1n) is 13.6. The van der Waals surface area contributed by atoms with Gasteiger partial charge in [0.05, 0.1) is 23.7 Å². The number of nitrogens with two attached hydrogens (primary N) is 1. The number of halogens is 1. The Balaban J connectivity index is 1.10. The average molecular weight is 515 g/mol. The molecule has 2 N–H and O–H groups in total. The quantitative estimate of drug-likeness (QED) is 0.556. The molecule has 1 aromatic carbocycles. The lowest BCUT2D eigenvalue weighted by Crippen LogP contribution is -2.65. The molecule has 4 unspecified atom stereocenters. The van der Waals surface area contributed by atoms with Crippen LogP contribution < -0.4 is 15.5 Å². The van der Waals surface area contributed by atoms with Crippen LogP contribution in [0.25, 0.3) is 10.9 Å². The summed E-state index contributed by atoms with van der Waals surface area (Å²) in [5.41, 5.74) is 9.60. The van der Waals surface area contributed by atoms with Crippen molar-refractivity contribution < 1.29 is 4.39 Å². The van der Waals surface area contributed by atoms with E-state index in [1.807, 2.05) is 29.3 Å². The zero-order chi connectivity index (χ0) is 26.2. The molecule has 0 amide bonds. The Hall–Kier alpha value is -3.32. The summed E-state index contributed by atoms with van der Waals surface area (Å²) >= 11 is 0. The number of fused-ring (bicyclic) bond motifs is 2. The third-order valence-electron chi connectivity index (χ3n) is 8.44. The Kier molecular flexibility index (Phi) is 6.87. The van der Waals surface area contributed by atoms with Gasteiger partial charge in [-0.3, -0.25) is 9.88 Å². The summed E-state index contributed by atoms with van der Waals surface area (Å²) in [6.07, 6.45) is 3.64. The Morgan fingerprint density at radius 3 is 2.68 bits per heavy atom. The van der Waals surface area contributed by atoms with E-state index in [9.17, 15) is 9.65 Å². The molecule has 9 heteroatoms. The maximum absolute atomic E-state index is 13.8. The third-order valence-corrected chi connectivity index (χ3v) is 8.44. The molecule has 5 heterocycles. The van der Waals surface area contributed by atoms with Crippen LogP contribution in [0.4, 0.5) is 15.9 Å². The Labute approximate surface area is 223 Å². The summed E-state index contributed by atoms with van der Waals surface area (Å²) in [7, 11) is 0.